The first-order valence-corrected chi connectivity index (χ1v) is 5.79. The summed E-state index contributed by atoms with van der Waals surface area (Å²) in [5.41, 5.74) is 0.359. The predicted octanol–water partition coefficient (Wildman–Crippen LogP) is 2.55. The third kappa shape index (κ3) is 4.41. The quantitative estimate of drug-likeness (QED) is 0.668. The molecule has 0 atom stereocenters. The smallest absolute Gasteiger partial charge is 0.387 e. The van der Waals surface area contributed by atoms with E-state index < -0.39 is 12.6 Å². The topological polar surface area (TPSA) is 59.3 Å². The van der Waals surface area contributed by atoms with E-state index in [1.54, 1.807) is 13.0 Å². The first-order valence-electron chi connectivity index (χ1n) is 5.34. The van der Waals surface area contributed by atoms with Crippen molar-refractivity contribution in [3.63, 3.8) is 0 Å². The van der Waals surface area contributed by atoms with Gasteiger partial charge in [0.05, 0.1) is 18.6 Å². The monoisotopic (exact) mass is 287 g/mol. The molecule has 0 saturated heterocycles. The van der Waals surface area contributed by atoms with Gasteiger partial charge >= 0.3 is 12.6 Å². The van der Waals surface area contributed by atoms with Crippen LogP contribution in [0.1, 0.15) is 18.1 Å². The number of alkyl halides is 2. The number of esters is 1. The highest BCUT2D eigenvalue weighted by atomic mass is 32.1. The van der Waals surface area contributed by atoms with Crippen LogP contribution in [0.3, 0.4) is 0 Å². The number of nitriles is 1. The number of hydrogen-bond donors (Lipinski definition) is 1. The first kappa shape index (κ1) is 15.2. The summed E-state index contributed by atoms with van der Waals surface area (Å²) in [6.45, 7) is -1.15. The molecule has 0 unspecified atom stereocenters. The van der Waals surface area contributed by atoms with Crippen molar-refractivity contribution in [3.8, 4) is 11.8 Å². The van der Waals surface area contributed by atoms with Gasteiger partial charge in [-0.05, 0) is 24.6 Å². The second kappa shape index (κ2) is 6.95. The van der Waals surface area contributed by atoms with Gasteiger partial charge < -0.3 is 9.47 Å². The van der Waals surface area contributed by atoms with Gasteiger partial charge in [-0.15, -0.1) is 12.6 Å². The molecule has 7 heteroatoms. The van der Waals surface area contributed by atoms with Gasteiger partial charge in [-0.3, -0.25) is 4.79 Å². The molecule has 0 aromatic heterocycles. The fourth-order valence-corrected chi connectivity index (χ4v) is 1.68. The zero-order valence-corrected chi connectivity index (χ0v) is 10.9. The molecule has 1 rings (SSSR count). The molecule has 0 aliphatic rings. The molecule has 0 spiro atoms. The summed E-state index contributed by atoms with van der Waals surface area (Å²) >= 11 is 4.10. The highest BCUT2D eigenvalue weighted by Gasteiger charge is 2.14. The van der Waals surface area contributed by atoms with Crippen molar-refractivity contribution < 1.29 is 23.0 Å². The maximum atomic E-state index is 12.2. The van der Waals surface area contributed by atoms with Crippen molar-refractivity contribution in [2.75, 3.05) is 6.61 Å². The average molecular weight is 287 g/mol. The molecule has 0 amide bonds. The Hall–Kier alpha value is -1.81. The summed E-state index contributed by atoms with van der Waals surface area (Å²) in [6, 6.07) is 4.19. The largest absolute Gasteiger partial charge is 0.466 e. The zero-order valence-electron chi connectivity index (χ0n) is 10.0. The lowest BCUT2D eigenvalue weighted by Gasteiger charge is -2.10. The molecule has 0 radical (unpaired) electrons. The lowest BCUT2D eigenvalue weighted by atomic mass is 10.1. The van der Waals surface area contributed by atoms with E-state index in [1.165, 1.54) is 6.07 Å². The number of carbonyl (C=O) groups is 1. The molecule has 0 N–H and O–H groups in total. The number of ether oxygens (including phenoxy) is 2. The minimum atomic E-state index is -3.01. The molecule has 0 saturated carbocycles. The van der Waals surface area contributed by atoms with Crippen LogP contribution in [0, 0.1) is 11.3 Å². The van der Waals surface area contributed by atoms with Crippen molar-refractivity contribution in [1.29, 1.82) is 5.26 Å². The number of rotatable bonds is 5. The Labute approximate surface area is 114 Å². The number of hydrogen-bond acceptors (Lipinski definition) is 5. The van der Waals surface area contributed by atoms with E-state index in [2.05, 4.69) is 17.4 Å². The summed E-state index contributed by atoms with van der Waals surface area (Å²) in [5, 5.41) is 8.88. The van der Waals surface area contributed by atoms with Crippen molar-refractivity contribution >= 4 is 18.6 Å². The van der Waals surface area contributed by atoms with Gasteiger partial charge in [0, 0.05) is 4.90 Å². The van der Waals surface area contributed by atoms with E-state index in [0.717, 1.165) is 6.07 Å². The van der Waals surface area contributed by atoms with E-state index in [4.69, 9.17) is 10.00 Å². The molecule has 0 aliphatic heterocycles. The fourth-order valence-electron chi connectivity index (χ4n) is 1.42. The molecular weight excluding hydrogens is 276 g/mol. The summed E-state index contributed by atoms with van der Waals surface area (Å²) < 4.78 is 33.3. The van der Waals surface area contributed by atoms with Gasteiger partial charge in [-0.25, -0.2) is 0 Å². The van der Waals surface area contributed by atoms with Crippen LogP contribution in [0.4, 0.5) is 8.78 Å². The second-order valence-electron chi connectivity index (χ2n) is 3.45. The minimum Gasteiger partial charge on any atom is -0.466 e. The normalized spacial score (nSPS) is 10.1. The number of benzene rings is 1. The lowest BCUT2D eigenvalue weighted by molar-refractivity contribution is -0.142. The van der Waals surface area contributed by atoms with E-state index in [9.17, 15) is 13.6 Å². The van der Waals surface area contributed by atoms with Gasteiger partial charge in [0.25, 0.3) is 0 Å². The van der Waals surface area contributed by atoms with Crippen LogP contribution < -0.4 is 4.74 Å². The van der Waals surface area contributed by atoms with Crippen LogP contribution in [0.2, 0.25) is 0 Å². The third-order valence-corrected chi connectivity index (χ3v) is 2.68. The Kier molecular flexibility index (Phi) is 5.57. The minimum absolute atomic E-state index is 0.0563. The van der Waals surface area contributed by atoms with Crippen LogP contribution >= 0.6 is 12.6 Å². The Morgan fingerprint density at radius 1 is 1.53 bits per heavy atom. The number of halogens is 2. The highest BCUT2D eigenvalue weighted by Crippen LogP contribution is 2.27. The summed E-state index contributed by atoms with van der Waals surface area (Å²) in [6.07, 6.45) is -0.165. The zero-order chi connectivity index (χ0) is 14.4. The van der Waals surface area contributed by atoms with Crippen molar-refractivity contribution in [2.24, 2.45) is 0 Å². The van der Waals surface area contributed by atoms with E-state index in [0.29, 0.717) is 5.56 Å². The molecule has 0 fully saturated rings. The van der Waals surface area contributed by atoms with Gasteiger partial charge in [-0.1, -0.05) is 0 Å². The second-order valence-corrected chi connectivity index (χ2v) is 3.90. The number of nitrogens with zero attached hydrogens (tertiary/aromatic N) is 1. The molecule has 1 aromatic carbocycles. The Morgan fingerprint density at radius 2 is 2.21 bits per heavy atom. The fraction of sp³-hybridized carbons (Fsp3) is 0.333. The molecule has 0 aliphatic carbocycles. The third-order valence-electron chi connectivity index (χ3n) is 2.15. The Bertz CT molecular complexity index is 514. The molecule has 0 bridgehead atoms. The molecule has 4 nitrogen and oxygen atoms in total. The first-order chi connectivity index (χ1) is 8.97. The van der Waals surface area contributed by atoms with E-state index >= 15 is 0 Å². The molecular formula is C12H11F2NO3S. The summed E-state index contributed by atoms with van der Waals surface area (Å²) in [7, 11) is 0. The van der Waals surface area contributed by atoms with Gasteiger partial charge in [0.15, 0.2) is 0 Å². The Morgan fingerprint density at radius 3 is 2.74 bits per heavy atom. The van der Waals surface area contributed by atoms with Crippen molar-refractivity contribution in [2.45, 2.75) is 24.9 Å². The van der Waals surface area contributed by atoms with Crippen LogP contribution in [0.15, 0.2) is 17.0 Å². The van der Waals surface area contributed by atoms with Gasteiger partial charge in [0.1, 0.15) is 11.8 Å². The summed E-state index contributed by atoms with van der Waals surface area (Å²) in [5.74, 6) is -0.723. The average Bonchev–Trinajstić information content (AvgIpc) is 2.32. The van der Waals surface area contributed by atoms with E-state index in [-0.39, 0.29) is 29.2 Å². The molecule has 1 aromatic rings. The van der Waals surface area contributed by atoms with Crippen molar-refractivity contribution in [3.05, 3.63) is 23.3 Å². The SMILES string of the molecule is CCOC(=O)Cc1cc(OC(F)F)cc(C#N)c1S. The van der Waals surface area contributed by atoms with Crippen molar-refractivity contribution in [1.82, 2.24) is 0 Å². The van der Waals surface area contributed by atoms with E-state index in [1.807, 2.05) is 0 Å². The number of carbonyl (C=O) groups excluding carboxylic acids is 1. The van der Waals surface area contributed by atoms with Gasteiger partial charge in [0.2, 0.25) is 0 Å². The highest BCUT2D eigenvalue weighted by molar-refractivity contribution is 7.80. The maximum Gasteiger partial charge on any atom is 0.387 e. The maximum absolute atomic E-state index is 12.2. The number of thiol groups is 1. The van der Waals surface area contributed by atoms with Crippen LogP contribution in [0.25, 0.3) is 0 Å². The standard InChI is InChI=1S/C12H11F2NO3S/c1-2-17-10(16)5-7-3-9(18-12(13)14)4-8(6-15)11(7)19/h3-4,12,19H,2,5H2,1H3. The van der Waals surface area contributed by atoms with Crippen LogP contribution in [0.5, 0.6) is 5.75 Å². The predicted molar refractivity (Wildman–Crippen MR) is 65.4 cm³/mol. The van der Waals surface area contributed by atoms with Crippen LogP contribution in [-0.2, 0) is 16.0 Å². The molecule has 102 valence electrons. The molecule has 19 heavy (non-hydrogen) atoms. The molecule has 0 heterocycles. The van der Waals surface area contributed by atoms with Crippen LogP contribution in [-0.4, -0.2) is 19.2 Å². The summed E-state index contributed by atoms with van der Waals surface area (Å²) in [4.78, 5) is 11.6. The Balaban J connectivity index is 3.08. The van der Waals surface area contributed by atoms with Gasteiger partial charge in [-0.2, -0.15) is 14.0 Å². The lowest BCUT2D eigenvalue weighted by Crippen LogP contribution is -2.09.